The maximum atomic E-state index is 12.7. The molecule has 2 aromatic carbocycles. The topological polar surface area (TPSA) is 51.7 Å². The van der Waals surface area contributed by atoms with E-state index in [0.717, 1.165) is 53.2 Å². The second-order valence-electron chi connectivity index (χ2n) is 7.27. The fourth-order valence-corrected chi connectivity index (χ4v) is 5.11. The molecule has 1 fully saturated rings. The van der Waals surface area contributed by atoms with Crippen molar-refractivity contribution in [1.29, 1.82) is 0 Å². The second kappa shape index (κ2) is 9.71. The van der Waals surface area contributed by atoms with Crippen LogP contribution in [0.25, 0.3) is 10.2 Å². The van der Waals surface area contributed by atoms with Gasteiger partial charge in [0.25, 0.3) is 5.19 Å². The number of carbonyl (C=O) groups is 1. The molecule has 158 valence electrons. The monoisotopic (exact) mass is 442 g/mol. The van der Waals surface area contributed by atoms with E-state index in [1.165, 1.54) is 4.90 Å². The average Bonchev–Trinajstić information content (AvgIpc) is 3.17. The number of hydrogen-bond acceptors (Lipinski definition) is 6. The highest BCUT2D eigenvalue weighted by Gasteiger charge is 2.24. The van der Waals surface area contributed by atoms with E-state index < -0.39 is 0 Å². The van der Waals surface area contributed by atoms with Gasteiger partial charge in [0.1, 0.15) is 11.9 Å². The molecule has 2 heterocycles. The minimum atomic E-state index is 0.0989. The number of fused-ring (bicyclic) bond motifs is 1. The summed E-state index contributed by atoms with van der Waals surface area (Å²) in [5, 5.41) is 0.688. The second-order valence-corrected chi connectivity index (χ2v) is 9.60. The van der Waals surface area contributed by atoms with Crippen LogP contribution < -0.4 is 9.47 Å². The Morgan fingerprint density at radius 2 is 1.97 bits per heavy atom. The van der Waals surface area contributed by atoms with Crippen LogP contribution in [0.5, 0.6) is 10.9 Å². The first kappa shape index (κ1) is 21.0. The predicted molar refractivity (Wildman–Crippen MR) is 123 cm³/mol. The lowest BCUT2D eigenvalue weighted by atomic mass is 10.1. The first-order valence-corrected chi connectivity index (χ1v) is 12.1. The zero-order valence-corrected chi connectivity index (χ0v) is 18.9. The van der Waals surface area contributed by atoms with Gasteiger partial charge in [-0.2, -0.15) is 0 Å². The van der Waals surface area contributed by atoms with Crippen LogP contribution in [-0.4, -0.2) is 47.8 Å². The third-order valence-corrected chi connectivity index (χ3v) is 7.05. The van der Waals surface area contributed by atoms with E-state index in [9.17, 15) is 4.79 Å². The van der Waals surface area contributed by atoms with Crippen LogP contribution in [0, 0.1) is 0 Å². The molecule has 0 unspecified atom stereocenters. The number of thiazole rings is 1. The summed E-state index contributed by atoms with van der Waals surface area (Å²) in [6.07, 6.45) is 2.22. The molecule has 1 aliphatic rings. The summed E-state index contributed by atoms with van der Waals surface area (Å²) in [5.74, 6) is 2.04. The molecule has 0 atom stereocenters. The van der Waals surface area contributed by atoms with E-state index in [1.54, 1.807) is 18.4 Å². The molecule has 0 saturated carbocycles. The number of benzene rings is 2. The van der Waals surface area contributed by atoms with Crippen LogP contribution in [0.1, 0.15) is 25.3 Å². The zero-order valence-electron chi connectivity index (χ0n) is 17.3. The third-order valence-electron chi connectivity index (χ3n) is 5.23. The summed E-state index contributed by atoms with van der Waals surface area (Å²) in [5.41, 5.74) is 1.97. The smallest absolute Gasteiger partial charge is 0.274 e. The van der Waals surface area contributed by atoms with Crippen molar-refractivity contribution in [3.05, 3.63) is 48.0 Å². The van der Waals surface area contributed by atoms with Gasteiger partial charge in [-0.05, 0) is 35.6 Å². The van der Waals surface area contributed by atoms with Crippen molar-refractivity contribution in [3.63, 3.8) is 0 Å². The van der Waals surface area contributed by atoms with Crippen molar-refractivity contribution in [2.75, 3.05) is 26.0 Å². The molecule has 0 radical (unpaired) electrons. The number of piperidine rings is 1. The molecular formula is C23H26N2O3S2. The number of aromatic nitrogens is 1. The number of nitrogens with zero attached hydrogens (tertiary/aromatic N) is 2. The molecule has 1 saturated heterocycles. The highest BCUT2D eigenvalue weighted by atomic mass is 32.2. The Balaban J connectivity index is 1.28. The lowest BCUT2D eigenvalue weighted by molar-refractivity contribution is -0.132. The minimum Gasteiger partial charge on any atom is -0.497 e. The Hall–Kier alpha value is -2.25. The fourth-order valence-electron chi connectivity index (χ4n) is 3.59. The quantitative estimate of drug-likeness (QED) is 0.481. The molecular weight excluding hydrogens is 416 g/mol. The molecule has 1 aliphatic heterocycles. The summed E-state index contributed by atoms with van der Waals surface area (Å²) in [6.45, 7) is 3.60. The highest BCUT2D eigenvalue weighted by Crippen LogP contribution is 2.32. The summed E-state index contributed by atoms with van der Waals surface area (Å²) in [6, 6.07) is 14.2. The molecule has 1 aromatic heterocycles. The fraction of sp³-hybridized carbons (Fsp3) is 0.391. The molecule has 1 amide bonds. The van der Waals surface area contributed by atoms with Crippen LogP contribution in [-0.2, 0) is 11.2 Å². The van der Waals surface area contributed by atoms with Crippen LogP contribution in [0.4, 0.5) is 0 Å². The van der Waals surface area contributed by atoms with Crippen LogP contribution in [0.3, 0.4) is 0 Å². The first-order chi connectivity index (χ1) is 14.6. The lowest BCUT2D eigenvalue weighted by Gasteiger charge is -2.31. The molecule has 0 bridgehead atoms. The van der Waals surface area contributed by atoms with Crippen molar-refractivity contribution < 1.29 is 14.3 Å². The van der Waals surface area contributed by atoms with Gasteiger partial charge in [-0.1, -0.05) is 30.4 Å². The molecule has 0 N–H and O–H groups in total. The Kier molecular flexibility index (Phi) is 6.79. The largest absolute Gasteiger partial charge is 0.497 e. The summed E-state index contributed by atoms with van der Waals surface area (Å²) in [7, 11) is 1.65. The van der Waals surface area contributed by atoms with E-state index in [1.807, 2.05) is 34.9 Å². The standard InChI is InChI=1S/C23H26N2O3S2/c1-3-29-19-7-4-16(5-8-19)14-22(26)25-12-10-17(11-13-25)28-23-24-20-15-18(27-2)6-9-21(20)30-23/h4-9,15,17H,3,10-14H2,1-2H3. The van der Waals surface area contributed by atoms with Crippen molar-refractivity contribution in [3.8, 4) is 10.9 Å². The van der Waals surface area contributed by atoms with Gasteiger partial charge in [-0.3, -0.25) is 4.79 Å². The number of hydrogen-bond donors (Lipinski definition) is 0. The molecule has 5 nitrogen and oxygen atoms in total. The van der Waals surface area contributed by atoms with Gasteiger partial charge in [0, 0.05) is 36.9 Å². The molecule has 4 rings (SSSR count). The molecule has 7 heteroatoms. The van der Waals surface area contributed by atoms with Gasteiger partial charge < -0.3 is 14.4 Å². The Labute approximate surface area is 185 Å². The number of likely N-dealkylation sites (tertiary alicyclic amines) is 1. The van der Waals surface area contributed by atoms with Crippen molar-refractivity contribution >= 4 is 39.2 Å². The van der Waals surface area contributed by atoms with Crippen LogP contribution >= 0.6 is 23.1 Å². The maximum Gasteiger partial charge on any atom is 0.274 e. The Morgan fingerprint density at radius 3 is 2.67 bits per heavy atom. The van der Waals surface area contributed by atoms with Crippen molar-refractivity contribution in [2.45, 2.75) is 37.2 Å². The van der Waals surface area contributed by atoms with E-state index >= 15 is 0 Å². The number of thioether (sulfide) groups is 1. The van der Waals surface area contributed by atoms with Crippen molar-refractivity contribution in [2.24, 2.45) is 0 Å². The number of rotatable bonds is 7. The Bertz CT molecular complexity index is 995. The van der Waals surface area contributed by atoms with E-state index in [4.69, 9.17) is 9.47 Å². The lowest BCUT2D eigenvalue weighted by Crippen LogP contribution is -2.42. The van der Waals surface area contributed by atoms with E-state index in [2.05, 4.69) is 36.2 Å². The summed E-state index contributed by atoms with van der Waals surface area (Å²) >= 11 is 3.37. The molecule has 0 aliphatic carbocycles. The van der Waals surface area contributed by atoms with Crippen LogP contribution in [0.15, 0.2) is 47.4 Å². The van der Waals surface area contributed by atoms with Gasteiger partial charge in [0.05, 0.1) is 23.7 Å². The number of amides is 1. The number of ether oxygens (including phenoxy) is 2. The molecule has 0 spiro atoms. The van der Waals surface area contributed by atoms with Gasteiger partial charge in [-0.25, -0.2) is 4.98 Å². The predicted octanol–water partition coefficient (Wildman–Crippen LogP) is 5.03. The maximum absolute atomic E-state index is 12.7. The van der Waals surface area contributed by atoms with E-state index in [-0.39, 0.29) is 12.0 Å². The summed E-state index contributed by atoms with van der Waals surface area (Å²) < 4.78 is 12.5. The SMILES string of the molecule is CCSc1ccc(CC(=O)N2CCC(Oc3nc4cc(OC)ccc4s3)CC2)cc1. The van der Waals surface area contributed by atoms with Gasteiger partial charge in [-0.15, -0.1) is 11.8 Å². The Morgan fingerprint density at radius 1 is 1.20 bits per heavy atom. The average molecular weight is 443 g/mol. The van der Waals surface area contributed by atoms with Gasteiger partial charge in [0.2, 0.25) is 5.91 Å². The molecule has 3 aromatic rings. The summed E-state index contributed by atoms with van der Waals surface area (Å²) in [4.78, 5) is 20.5. The van der Waals surface area contributed by atoms with E-state index in [0.29, 0.717) is 11.6 Å². The van der Waals surface area contributed by atoms with Crippen molar-refractivity contribution in [1.82, 2.24) is 9.88 Å². The number of methoxy groups -OCH3 is 1. The minimum absolute atomic E-state index is 0.0989. The molecule has 30 heavy (non-hydrogen) atoms. The van der Waals surface area contributed by atoms with Gasteiger partial charge >= 0.3 is 0 Å². The highest BCUT2D eigenvalue weighted by molar-refractivity contribution is 7.99. The number of carbonyl (C=O) groups excluding carboxylic acids is 1. The zero-order chi connectivity index (χ0) is 20.9. The first-order valence-electron chi connectivity index (χ1n) is 10.3. The van der Waals surface area contributed by atoms with Gasteiger partial charge in [0.15, 0.2) is 0 Å². The normalized spacial score (nSPS) is 14.8. The third kappa shape index (κ3) is 5.08. The van der Waals surface area contributed by atoms with Crippen LogP contribution in [0.2, 0.25) is 0 Å².